The standard InChI is InChI=1S/C20H13Cl2NO3S/c1-2-9-23-19(24)18(27-20(23)25)11-14-5-8-17(16(22)10-14)26-12-13-3-6-15(21)7-4-13/h1,3-8,10-11H,9,12H2/b18-11-. The Balaban J connectivity index is 1.71. The Morgan fingerprint density at radius 3 is 2.56 bits per heavy atom. The molecule has 0 atom stereocenters. The summed E-state index contributed by atoms with van der Waals surface area (Å²) in [6.45, 7) is 0.307. The van der Waals surface area contributed by atoms with Crippen LogP contribution in [-0.2, 0) is 11.4 Å². The molecule has 7 heteroatoms. The molecule has 0 aromatic heterocycles. The first-order valence-electron chi connectivity index (χ1n) is 7.83. The van der Waals surface area contributed by atoms with Gasteiger partial charge in [-0.25, -0.2) is 0 Å². The zero-order chi connectivity index (χ0) is 19.4. The van der Waals surface area contributed by atoms with Crippen LogP contribution in [0.15, 0.2) is 47.4 Å². The van der Waals surface area contributed by atoms with E-state index in [0.717, 1.165) is 22.2 Å². The number of imide groups is 1. The second-order valence-corrected chi connectivity index (χ2v) is 7.41. The minimum absolute atomic E-state index is 0.0414. The molecule has 0 aliphatic carbocycles. The van der Waals surface area contributed by atoms with E-state index in [9.17, 15) is 9.59 Å². The average molecular weight is 418 g/mol. The third kappa shape index (κ3) is 4.67. The van der Waals surface area contributed by atoms with Gasteiger partial charge in [0.15, 0.2) is 0 Å². The van der Waals surface area contributed by atoms with Crippen LogP contribution in [-0.4, -0.2) is 22.6 Å². The number of amides is 2. The molecule has 2 amide bonds. The first-order chi connectivity index (χ1) is 13.0. The molecule has 1 fully saturated rings. The summed E-state index contributed by atoms with van der Waals surface area (Å²) < 4.78 is 5.72. The van der Waals surface area contributed by atoms with Gasteiger partial charge in [-0.05, 0) is 53.2 Å². The number of ether oxygens (including phenoxy) is 1. The largest absolute Gasteiger partial charge is 0.487 e. The van der Waals surface area contributed by atoms with Gasteiger partial charge in [0.1, 0.15) is 12.4 Å². The molecule has 2 aromatic rings. The van der Waals surface area contributed by atoms with Crippen molar-refractivity contribution in [3.8, 4) is 18.1 Å². The fourth-order valence-corrected chi connectivity index (χ4v) is 3.55. The van der Waals surface area contributed by atoms with Crippen LogP contribution in [0.2, 0.25) is 10.0 Å². The van der Waals surface area contributed by atoms with Gasteiger partial charge in [0.05, 0.1) is 16.5 Å². The number of hydrogen-bond acceptors (Lipinski definition) is 4. The summed E-state index contributed by atoms with van der Waals surface area (Å²) in [5.74, 6) is 2.42. The normalized spacial score (nSPS) is 15.3. The average Bonchev–Trinajstić information content (AvgIpc) is 2.90. The number of carbonyl (C=O) groups excluding carboxylic acids is 2. The number of terminal acetylenes is 1. The Bertz CT molecular complexity index is 964. The minimum atomic E-state index is -0.401. The van der Waals surface area contributed by atoms with Gasteiger partial charge in [0.2, 0.25) is 0 Å². The molecule has 1 aliphatic heterocycles. The summed E-state index contributed by atoms with van der Waals surface area (Å²) in [4.78, 5) is 25.3. The molecule has 1 aliphatic rings. The molecule has 4 nitrogen and oxygen atoms in total. The summed E-state index contributed by atoms with van der Waals surface area (Å²) in [5.41, 5.74) is 1.65. The maximum Gasteiger partial charge on any atom is 0.294 e. The SMILES string of the molecule is C#CCN1C(=O)S/C(=C\c2ccc(OCc3ccc(Cl)cc3)c(Cl)c2)C1=O. The number of rotatable bonds is 5. The predicted octanol–water partition coefficient (Wildman–Crippen LogP) is 5.24. The molecule has 1 saturated heterocycles. The number of thioether (sulfide) groups is 1. The molecule has 3 rings (SSSR count). The Labute approximate surface area is 171 Å². The quantitative estimate of drug-likeness (QED) is 0.492. The summed E-state index contributed by atoms with van der Waals surface area (Å²) in [6.07, 6.45) is 6.79. The third-order valence-electron chi connectivity index (χ3n) is 3.68. The molecular formula is C20H13Cl2NO3S. The lowest BCUT2D eigenvalue weighted by Gasteiger charge is -2.09. The Morgan fingerprint density at radius 2 is 1.89 bits per heavy atom. The van der Waals surface area contributed by atoms with Crippen molar-refractivity contribution in [2.45, 2.75) is 6.61 Å². The van der Waals surface area contributed by atoms with Crippen molar-refractivity contribution in [3.05, 3.63) is 68.5 Å². The molecule has 0 bridgehead atoms. The number of halogens is 2. The summed E-state index contributed by atoms with van der Waals surface area (Å²) >= 11 is 13.0. The lowest BCUT2D eigenvalue weighted by Crippen LogP contribution is -2.28. The van der Waals surface area contributed by atoms with E-state index < -0.39 is 5.91 Å². The molecule has 2 aromatic carbocycles. The molecule has 0 radical (unpaired) electrons. The van der Waals surface area contributed by atoms with Gasteiger partial charge in [0, 0.05) is 5.02 Å². The van der Waals surface area contributed by atoms with Gasteiger partial charge >= 0.3 is 0 Å². The Morgan fingerprint density at radius 1 is 1.15 bits per heavy atom. The van der Waals surface area contributed by atoms with Crippen LogP contribution < -0.4 is 4.74 Å². The zero-order valence-corrected chi connectivity index (χ0v) is 16.3. The van der Waals surface area contributed by atoms with Gasteiger partial charge in [-0.2, -0.15) is 0 Å². The smallest absolute Gasteiger partial charge is 0.294 e. The van der Waals surface area contributed by atoms with Crippen LogP contribution in [0.1, 0.15) is 11.1 Å². The van der Waals surface area contributed by atoms with Crippen LogP contribution >= 0.6 is 35.0 Å². The fraction of sp³-hybridized carbons (Fsp3) is 0.100. The molecule has 27 heavy (non-hydrogen) atoms. The molecule has 136 valence electrons. The highest BCUT2D eigenvalue weighted by atomic mass is 35.5. The highest BCUT2D eigenvalue weighted by Gasteiger charge is 2.34. The lowest BCUT2D eigenvalue weighted by atomic mass is 10.2. The molecule has 0 saturated carbocycles. The predicted molar refractivity (Wildman–Crippen MR) is 109 cm³/mol. The van der Waals surface area contributed by atoms with Crippen molar-refractivity contribution in [1.29, 1.82) is 0 Å². The molecule has 0 spiro atoms. The molecular weight excluding hydrogens is 405 g/mol. The van der Waals surface area contributed by atoms with Gasteiger partial charge in [-0.1, -0.05) is 47.3 Å². The van der Waals surface area contributed by atoms with E-state index in [4.69, 9.17) is 34.4 Å². The maximum absolute atomic E-state index is 12.2. The van der Waals surface area contributed by atoms with Crippen molar-refractivity contribution in [2.24, 2.45) is 0 Å². The van der Waals surface area contributed by atoms with Crippen LogP contribution in [0.5, 0.6) is 5.75 Å². The zero-order valence-electron chi connectivity index (χ0n) is 13.9. The van der Waals surface area contributed by atoms with E-state index in [1.54, 1.807) is 36.4 Å². The number of benzene rings is 2. The lowest BCUT2D eigenvalue weighted by molar-refractivity contribution is -0.122. The van der Waals surface area contributed by atoms with Crippen molar-refractivity contribution >= 4 is 52.2 Å². The topological polar surface area (TPSA) is 46.6 Å². The van der Waals surface area contributed by atoms with Gasteiger partial charge in [-0.3, -0.25) is 14.5 Å². The Kier molecular flexibility index (Phi) is 6.12. The van der Waals surface area contributed by atoms with E-state index in [1.807, 2.05) is 12.1 Å². The van der Waals surface area contributed by atoms with E-state index >= 15 is 0 Å². The highest BCUT2D eigenvalue weighted by Crippen LogP contribution is 2.33. The van der Waals surface area contributed by atoms with E-state index in [0.29, 0.717) is 32.9 Å². The van der Waals surface area contributed by atoms with Crippen LogP contribution in [0.4, 0.5) is 4.79 Å². The monoisotopic (exact) mass is 417 g/mol. The third-order valence-corrected chi connectivity index (χ3v) is 5.14. The second kappa shape index (κ2) is 8.53. The van der Waals surface area contributed by atoms with Crippen molar-refractivity contribution in [1.82, 2.24) is 4.90 Å². The van der Waals surface area contributed by atoms with E-state index in [1.165, 1.54) is 0 Å². The van der Waals surface area contributed by atoms with Gasteiger partial charge in [0.25, 0.3) is 11.1 Å². The molecule has 1 heterocycles. The maximum atomic E-state index is 12.2. The van der Waals surface area contributed by atoms with E-state index in [2.05, 4.69) is 5.92 Å². The second-order valence-electron chi connectivity index (χ2n) is 5.58. The highest BCUT2D eigenvalue weighted by molar-refractivity contribution is 8.18. The first kappa shape index (κ1) is 19.4. The first-order valence-corrected chi connectivity index (χ1v) is 9.41. The van der Waals surface area contributed by atoms with Crippen LogP contribution in [0.3, 0.4) is 0 Å². The summed E-state index contributed by atoms with van der Waals surface area (Å²) in [5, 5.41) is 0.687. The number of carbonyl (C=O) groups is 2. The van der Waals surface area contributed by atoms with Crippen molar-refractivity contribution in [2.75, 3.05) is 6.54 Å². The van der Waals surface area contributed by atoms with Gasteiger partial charge < -0.3 is 4.74 Å². The van der Waals surface area contributed by atoms with Crippen LogP contribution in [0.25, 0.3) is 6.08 Å². The number of hydrogen-bond donors (Lipinski definition) is 0. The van der Waals surface area contributed by atoms with E-state index in [-0.39, 0.29) is 11.8 Å². The summed E-state index contributed by atoms with van der Waals surface area (Å²) in [7, 11) is 0. The molecule has 0 N–H and O–H groups in total. The fourth-order valence-electron chi connectivity index (χ4n) is 2.34. The van der Waals surface area contributed by atoms with Crippen molar-refractivity contribution in [3.63, 3.8) is 0 Å². The minimum Gasteiger partial charge on any atom is -0.487 e. The Hall–Kier alpha value is -2.39. The van der Waals surface area contributed by atoms with Crippen LogP contribution in [0, 0.1) is 12.3 Å². The molecule has 0 unspecified atom stereocenters. The summed E-state index contributed by atoms with van der Waals surface area (Å²) in [6, 6.07) is 12.5. The number of nitrogens with zero attached hydrogens (tertiary/aromatic N) is 1. The van der Waals surface area contributed by atoms with Gasteiger partial charge in [-0.15, -0.1) is 6.42 Å². The van der Waals surface area contributed by atoms with Crippen molar-refractivity contribution < 1.29 is 14.3 Å².